The minimum atomic E-state index is -0.535. The molecular weight excluding hydrogens is 344 g/mol. The molecule has 25 heavy (non-hydrogen) atoms. The highest BCUT2D eigenvalue weighted by Gasteiger charge is 2.15. The maximum absolute atomic E-state index is 12.2. The van der Waals surface area contributed by atoms with E-state index in [1.807, 2.05) is 0 Å². The van der Waals surface area contributed by atoms with E-state index in [1.165, 1.54) is 6.20 Å². The molecule has 0 unspecified atom stereocenters. The zero-order valence-corrected chi connectivity index (χ0v) is 14.0. The van der Waals surface area contributed by atoms with Gasteiger partial charge in [-0.15, -0.1) is 0 Å². The zero-order valence-electron chi connectivity index (χ0n) is 13.2. The van der Waals surface area contributed by atoms with Crippen molar-refractivity contribution in [3.05, 3.63) is 47.2 Å². The number of nitrogens with zero attached hydrogens (tertiary/aromatic N) is 2. The normalized spacial score (nSPS) is 11.5. The summed E-state index contributed by atoms with van der Waals surface area (Å²) in [5, 5.41) is 3.66. The molecule has 6 N–H and O–H groups in total. The average Bonchev–Trinajstić information content (AvgIpc) is 3.04. The minimum absolute atomic E-state index is 0.00943. The number of aromatic amines is 1. The standard InChI is InChI=1S/C16H15ClN6O2/c1-20-16(19)23-15(24)11-7-9-10(17)2-3-12(14(9)22-11)25-13-6-8(18)4-5-21-13/h2-7,22H,1H3,(H2,18,21)(H3,19,20,23,24). The minimum Gasteiger partial charge on any atom is -0.437 e. The lowest BCUT2D eigenvalue weighted by atomic mass is 10.2. The van der Waals surface area contributed by atoms with Crippen LogP contribution in [-0.4, -0.2) is 28.9 Å². The van der Waals surface area contributed by atoms with Crippen molar-refractivity contribution in [1.29, 1.82) is 0 Å². The molecule has 0 bridgehead atoms. The third-order valence-corrected chi connectivity index (χ3v) is 3.71. The Morgan fingerprint density at radius 2 is 2.16 bits per heavy atom. The summed E-state index contributed by atoms with van der Waals surface area (Å²) in [6.07, 6.45) is 1.54. The second-order valence-corrected chi connectivity index (χ2v) is 5.51. The molecule has 128 valence electrons. The maximum Gasteiger partial charge on any atom is 0.296 e. The van der Waals surface area contributed by atoms with Gasteiger partial charge in [-0.2, -0.15) is 4.99 Å². The molecule has 2 heterocycles. The largest absolute Gasteiger partial charge is 0.437 e. The second kappa shape index (κ2) is 6.70. The third kappa shape index (κ3) is 3.48. The Balaban J connectivity index is 2.03. The highest BCUT2D eigenvalue weighted by molar-refractivity contribution is 6.35. The number of guanidine groups is 1. The van der Waals surface area contributed by atoms with Crippen LogP contribution >= 0.6 is 11.6 Å². The molecule has 0 radical (unpaired) electrons. The fourth-order valence-corrected chi connectivity index (χ4v) is 2.39. The average molecular weight is 359 g/mol. The van der Waals surface area contributed by atoms with E-state index in [-0.39, 0.29) is 11.7 Å². The van der Waals surface area contributed by atoms with E-state index in [2.05, 4.69) is 20.3 Å². The number of aliphatic imine (C=N–C) groups is 1. The molecule has 3 rings (SSSR count). The molecule has 0 aliphatic carbocycles. The van der Waals surface area contributed by atoms with E-state index in [1.54, 1.807) is 37.4 Å². The number of carbonyl (C=O) groups is 1. The summed E-state index contributed by atoms with van der Waals surface area (Å²) in [7, 11) is 1.57. The number of ether oxygens (including phenoxy) is 1. The third-order valence-electron chi connectivity index (χ3n) is 3.38. The van der Waals surface area contributed by atoms with Crippen molar-refractivity contribution in [2.75, 3.05) is 12.8 Å². The van der Waals surface area contributed by atoms with Crippen molar-refractivity contribution in [3.63, 3.8) is 0 Å². The molecule has 2 aromatic heterocycles. The van der Waals surface area contributed by atoms with Crippen molar-refractivity contribution in [2.45, 2.75) is 0 Å². The van der Waals surface area contributed by atoms with Crippen molar-refractivity contribution >= 4 is 40.1 Å². The monoisotopic (exact) mass is 358 g/mol. The van der Waals surface area contributed by atoms with Crippen LogP contribution in [0.25, 0.3) is 10.9 Å². The Morgan fingerprint density at radius 1 is 1.36 bits per heavy atom. The predicted octanol–water partition coefficient (Wildman–Crippen LogP) is 2.27. The van der Waals surface area contributed by atoms with Crippen LogP contribution in [0.4, 0.5) is 5.69 Å². The number of nitrogen functional groups attached to an aromatic ring is 1. The number of hydrogen-bond donors (Lipinski definition) is 4. The fourth-order valence-electron chi connectivity index (χ4n) is 2.18. The molecule has 0 atom stereocenters. The molecule has 0 fully saturated rings. The van der Waals surface area contributed by atoms with Crippen LogP contribution in [-0.2, 0) is 0 Å². The SMILES string of the molecule is CNC(N)=NC(=O)c1cc2c(Cl)ccc(Oc3cc(N)ccn3)c2[nH]1. The van der Waals surface area contributed by atoms with Crippen LogP contribution in [0, 0.1) is 0 Å². The summed E-state index contributed by atoms with van der Waals surface area (Å²) in [5.41, 5.74) is 12.5. The molecule has 9 heteroatoms. The smallest absolute Gasteiger partial charge is 0.296 e. The number of anilines is 1. The number of nitrogens with two attached hydrogens (primary N) is 2. The first-order valence-corrected chi connectivity index (χ1v) is 7.62. The van der Waals surface area contributed by atoms with Gasteiger partial charge < -0.3 is 26.5 Å². The molecule has 0 saturated carbocycles. The number of carbonyl (C=O) groups excluding carboxylic acids is 1. The van der Waals surface area contributed by atoms with Gasteiger partial charge in [0, 0.05) is 30.4 Å². The lowest BCUT2D eigenvalue weighted by Crippen LogP contribution is -2.28. The van der Waals surface area contributed by atoms with E-state index >= 15 is 0 Å². The molecule has 1 amide bonds. The van der Waals surface area contributed by atoms with E-state index < -0.39 is 5.91 Å². The number of aromatic nitrogens is 2. The molecule has 1 aromatic carbocycles. The zero-order chi connectivity index (χ0) is 18.0. The summed E-state index contributed by atoms with van der Waals surface area (Å²) >= 11 is 6.21. The first-order chi connectivity index (χ1) is 12.0. The number of pyridine rings is 1. The topological polar surface area (TPSA) is 131 Å². The van der Waals surface area contributed by atoms with Crippen molar-refractivity contribution in [1.82, 2.24) is 15.3 Å². The molecule has 0 aliphatic heterocycles. The molecular formula is C16H15ClN6O2. The summed E-state index contributed by atoms with van der Waals surface area (Å²) in [4.78, 5) is 22.9. The van der Waals surface area contributed by atoms with E-state index in [0.29, 0.717) is 33.2 Å². The number of H-pyrrole nitrogens is 1. The van der Waals surface area contributed by atoms with E-state index in [4.69, 9.17) is 27.8 Å². The summed E-state index contributed by atoms with van der Waals surface area (Å²) in [6, 6.07) is 8.17. The van der Waals surface area contributed by atoms with Gasteiger partial charge in [0.25, 0.3) is 5.91 Å². The van der Waals surface area contributed by atoms with Gasteiger partial charge in [0.15, 0.2) is 11.7 Å². The Kier molecular flexibility index (Phi) is 4.44. The molecule has 8 nitrogen and oxygen atoms in total. The van der Waals surface area contributed by atoms with Crippen LogP contribution in [0.15, 0.2) is 41.5 Å². The number of hydrogen-bond acceptors (Lipinski definition) is 4. The van der Waals surface area contributed by atoms with Crippen molar-refractivity contribution < 1.29 is 9.53 Å². The van der Waals surface area contributed by atoms with Gasteiger partial charge in [-0.05, 0) is 24.3 Å². The number of fused-ring (bicyclic) bond motifs is 1. The van der Waals surface area contributed by atoms with Gasteiger partial charge >= 0.3 is 0 Å². The van der Waals surface area contributed by atoms with Gasteiger partial charge in [0.05, 0.1) is 10.5 Å². The van der Waals surface area contributed by atoms with Gasteiger partial charge in [0.1, 0.15) is 5.69 Å². The van der Waals surface area contributed by atoms with Gasteiger partial charge in [-0.3, -0.25) is 4.79 Å². The molecule has 0 aliphatic rings. The number of nitrogens with one attached hydrogen (secondary N) is 2. The molecule has 0 spiro atoms. The van der Waals surface area contributed by atoms with Gasteiger partial charge in [0.2, 0.25) is 5.88 Å². The molecule has 0 saturated heterocycles. The lowest BCUT2D eigenvalue weighted by Gasteiger charge is -2.07. The van der Waals surface area contributed by atoms with Crippen LogP contribution < -0.4 is 21.5 Å². The quantitative estimate of drug-likeness (QED) is 0.419. The highest BCUT2D eigenvalue weighted by atomic mass is 35.5. The molecule has 3 aromatic rings. The maximum atomic E-state index is 12.2. The predicted molar refractivity (Wildman–Crippen MR) is 97.0 cm³/mol. The lowest BCUT2D eigenvalue weighted by molar-refractivity contribution is 0.0998. The summed E-state index contributed by atoms with van der Waals surface area (Å²) in [6.45, 7) is 0. The first-order valence-electron chi connectivity index (χ1n) is 7.25. The van der Waals surface area contributed by atoms with Crippen LogP contribution in [0.1, 0.15) is 10.5 Å². The van der Waals surface area contributed by atoms with Crippen molar-refractivity contribution in [3.8, 4) is 11.6 Å². The van der Waals surface area contributed by atoms with E-state index in [0.717, 1.165) is 0 Å². The van der Waals surface area contributed by atoms with E-state index in [9.17, 15) is 4.79 Å². The number of amides is 1. The first kappa shape index (κ1) is 16.6. The Hall–Kier alpha value is -3.26. The second-order valence-electron chi connectivity index (χ2n) is 5.10. The van der Waals surface area contributed by atoms with Crippen molar-refractivity contribution in [2.24, 2.45) is 10.7 Å². The van der Waals surface area contributed by atoms with Gasteiger partial charge in [-0.25, -0.2) is 4.98 Å². The van der Waals surface area contributed by atoms with Crippen LogP contribution in [0.5, 0.6) is 11.6 Å². The fraction of sp³-hybridized carbons (Fsp3) is 0.0625. The number of benzene rings is 1. The Labute approximate surface area is 147 Å². The Bertz CT molecular complexity index is 982. The summed E-state index contributed by atoms with van der Waals surface area (Å²) < 4.78 is 5.76. The summed E-state index contributed by atoms with van der Waals surface area (Å²) in [5.74, 6) is 0.244. The number of rotatable bonds is 3. The Morgan fingerprint density at radius 3 is 2.88 bits per heavy atom. The van der Waals surface area contributed by atoms with Crippen LogP contribution in [0.2, 0.25) is 5.02 Å². The van der Waals surface area contributed by atoms with Crippen LogP contribution in [0.3, 0.4) is 0 Å². The van der Waals surface area contributed by atoms with Gasteiger partial charge in [-0.1, -0.05) is 11.6 Å². The highest BCUT2D eigenvalue weighted by Crippen LogP contribution is 2.34. The number of halogens is 1.